The number of nitrogens with one attached hydrogen (secondary N) is 1. The van der Waals surface area contributed by atoms with Crippen molar-refractivity contribution in [3.63, 3.8) is 0 Å². The molecule has 62 valence electrons. The van der Waals surface area contributed by atoms with E-state index in [0.29, 0.717) is 0 Å². The number of hydrogen-bond acceptors (Lipinski definition) is 3. The van der Waals surface area contributed by atoms with Gasteiger partial charge in [-0.25, -0.2) is 0 Å². The molecule has 0 fully saturated rings. The third-order valence-electron chi connectivity index (χ3n) is 0.734. The van der Waals surface area contributed by atoms with Crippen molar-refractivity contribution in [2.24, 2.45) is 0 Å². The summed E-state index contributed by atoms with van der Waals surface area (Å²) in [5.41, 5.74) is 0. The smallest absolute Gasteiger partial charge is 1.00 e. The Labute approximate surface area is 89.1 Å². The molecule has 0 spiro atoms. The molecule has 0 aromatic heterocycles. The Morgan fingerprint density at radius 2 is 2.09 bits per heavy atom. The van der Waals surface area contributed by atoms with Gasteiger partial charge in [0.25, 0.3) is 10.1 Å². The number of carbonyl (C=O) groups is 1. The van der Waals surface area contributed by atoms with Crippen molar-refractivity contribution in [3.8, 4) is 0 Å². The van der Waals surface area contributed by atoms with Gasteiger partial charge in [0.05, 0.1) is 5.75 Å². The van der Waals surface area contributed by atoms with Crippen molar-refractivity contribution >= 4 is 16.0 Å². The van der Waals surface area contributed by atoms with Crippen molar-refractivity contribution in [2.75, 3.05) is 12.3 Å². The first-order valence-corrected chi connectivity index (χ1v) is 4.22. The Kier molecular flexibility index (Phi) is 7.55. The van der Waals surface area contributed by atoms with Crippen LogP contribution < -0.4 is 34.9 Å². The third-order valence-corrected chi connectivity index (χ3v) is 1.45. The second-order valence-electron chi connectivity index (χ2n) is 1.77. The van der Waals surface area contributed by atoms with Crippen LogP contribution in [0.1, 0.15) is 8.35 Å². The van der Waals surface area contributed by atoms with Crippen LogP contribution in [0.4, 0.5) is 0 Å². The van der Waals surface area contributed by atoms with Crippen LogP contribution in [0.15, 0.2) is 0 Å². The molecule has 11 heavy (non-hydrogen) atoms. The monoisotopic (exact) mass is 191 g/mol. The molecule has 0 rings (SSSR count). The van der Waals surface area contributed by atoms with E-state index in [1.807, 2.05) is 0 Å². The maximum absolute atomic E-state index is 10.1. The summed E-state index contributed by atoms with van der Waals surface area (Å²) in [5, 5.41) is 2.22. The zero-order chi connectivity index (χ0) is 8.20. The minimum absolute atomic E-state index is 0. The normalized spacial score (nSPS) is 10.0. The van der Waals surface area contributed by atoms with Gasteiger partial charge in [-0.3, -0.25) is 9.35 Å². The molecule has 5 nitrogen and oxygen atoms in total. The summed E-state index contributed by atoms with van der Waals surface area (Å²) in [5.74, 6) is -0.754. The zero-order valence-corrected chi connectivity index (χ0v) is 9.31. The molecule has 0 radical (unpaired) electrons. The molecule has 7 heteroatoms. The molecule has 0 saturated heterocycles. The van der Waals surface area contributed by atoms with Crippen LogP contribution >= 0.6 is 0 Å². The molecule has 0 aliphatic rings. The van der Waals surface area contributed by atoms with Crippen molar-refractivity contribution in [1.82, 2.24) is 5.32 Å². The van der Waals surface area contributed by atoms with Crippen molar-refractivity contribution in [2.45, 2.75) is 6.92 Å². The largest absolute Gasteiger partial charge is 1.00 e. The van der Waals surface area contributed by atoms with Gasteiger partial charge in [-0.1, -0.05) is 0 Å². The van der Waals surface area contributed by atoms with E-state index in [-0.39, 0.29) is 43.4 Å². The van der Waals surface area contributed by atoms with Gasteiger partial charge >= 0.3 is 29.6 Å². The van der Waals surface area contributed by atoms with Crippen molar-refractivity contribution in [1.29, 1.82) is 0 Å². The zero-order valence-electron chi connectivity index (χ0n) is 7.49. The maximum Gasteiger partial charge on any atom is 1.00 e. The van der Waals surface area contributed by atoms with Gasteiger partial charge < -0.3 is 6.74 Å². The van der Waals surface area contributed by atoms with Gasteiger partial charge in [-0.2, -0.15) is 8.42 Å². The van der Waals surface area contributed by atoms with Crippen LogP contribution in [0, 0.1) is 0 Å². The Morgan fingerprint density at radius 1 is 1.64 bits per heavy atom. The molecule has 0 aromatic rings. The van der Waals surface area contributed by atoms with E-state index >= 15 is 0 Å². The molecule has 0 atom stereocenters. The molecule has 0 saturated carbocycles. The average Bonchev–Trinajstić information content (AvgIpc) is 1.59. The van der Waals surface area contributed by atoms with Crippen LogP contribution in [0.2, 0.25) is 0 Å². The number of carbonyl (C=O) groups excluding carboxylic acids is 1. The first kappa shape index (κ1) is 13.9. The molecule has 1 amide bonds. The second-order valence-corrected chi connectivity index (χ2v) is 3.34. The SMILES string of the molecule is CC(=O)NCCS(=O)(=O)O.[H-].[Na+]. The molecule has 0 unspecified atom stereocenters. The first-order chi connectivity index (χ1) is 4.42. The third kappa shape index (κ3) is 13.4. The van der Waals surface area contributed by atoms with E-state index in [9.17, 15) is 13.2 Å². The van der Waals surface area contributed by atoms with Crippen molar-refractivity contribution in [3.05, 3.63) is 0 Å². The minimum Gasteiger partial charge on any atom is -1.00 e. The van der Waals surface area contributed by atoms with Crippen LogP contribution in [0.5, 0.6) is 0 Å². The standard InChI is InChI=1S/C4H9NO4S.Na.H/c1-4(6)5-2-3-10(7,8)9;;/h2-3H2,1H3,(H,5,6)(H,7,8,9);;/q;+1;-1. The molecular weight excluding hydrogens is 181 g/mol. The minimum atomic E-state index is -3.93. The van der Waals surface area contributed by atoms with Gasteiger partial charge in [0.15, 0.2) is 0 Å². The Morgan fingerprint density at radius 3 is 2.36 bits per heavy atom. The summed E-state index contributed by atoms with van der Waals surface area (Å²) in [7, 11) is -3.93. The summed E-state index contributed by atoms with van der Waals surface area (Å²) in [6.07, 6.45) is 0. The Bertz CT molecular complexity index is 217. The summed E-state index contributed by atoms with van der Waals surface area (Å²) < 4.78 is 28.2. The van der Waals surface area contributed by atoms with E-state index in [1.165, 1.54) is 6.92 Å². The summed E-state index contributed by atoms with van der Waals surface area (Å²) in [4.78, 5) is 10.1. The molecule has 0 aliphatic carbocycles. The van der Waals surface area contributed by atoms with E-state index in [2.05, 4.69) is 5.32 Å². The average molecular weight is 191 g/mol. The first-order valence-electron chi connectivity index (χ1n) is 2.61. The second kappa shape index (κ2) is 5.96. The van der Waals surface area contributed by atoms with E-state index in [1.54, 1.807) is 0 Å². The van der Waals surface area contributed by atoms with E-state index in [4.69, 9.17) is 4.55 Å². The summed E-state index contributed by atoms with van der Waals surface area (Å²) in [6.45, 7) is 1.22. The van der Waals surface area contributed by atoms with Crippen LogP contribution in [-0.4, -0.2) is 31.2 Å². The van der Waals surface area contributed by atoms with Gasteiger partial charge in [0.1, 0.15) is 0 Å². The van der Waals surface area contributed by atoms with Gasteiger partial charge in [-0.15, -0.1) is 0 Å². The number of rotatable bonds is 3. The van der Waals surface area contributed by atoms with E-state index in [0.717, 1.165) is 0 Å². The number of amides is 1. The molecule has 2 N–H and O–H groups in total. The Hall–Kier alpha value is 0.380. The fourth-order valence-electron chi connectivity index (χ4n) is 0.356. The predicted octanol–water partition coefficient (Wildman–Crippen LogP) is -3.87. The molecule has 0 heterocycles. The fraction of sp³-hybridized carbons (Fsp3) is 0.750. The van der Waals surface area contributed by atoms with Crippen LogP contribution in [0.3, 0.4) is 0 Å². The van der Waals surface area contributed by atoms with Gasteiger partial charge in [0.2, 0.25) is 5.91 Å². The van der Waals surface area contributed by atoms with Crippen LogP contribution in [-0.2, 0) is 14.9 Å². The number of hydrogen-bond donors (Lipinski definition) is 2. The molecule has 0 aliphatic heterocycles. The molecular formula is C4H10NNaO4S. The van der Waals surface area contributed by atoms with Gasteiger partial charge in [0, 0.05) is 13.5 Å². The van der Waals surface area contributed by atoms with Gasteiger partial charge in [-0.05, 0) is 0 Å². The molecule has 0 bridgehead atoms. The predicted molar refractivity (Wildman–Crippen MR) is 36.2 cm³/mol. The summed E-state index contributed by atoms with van der Waals surface area (Å²) in [6, 6.07) is 0. The maximum atomic E-state index is 10.1. The molecule has 0 aromatic carbocycles. The topological polar surface area (TPSA) is 83.5 Å². The van der Waals surface area contributed by atoms with Crippen LogP contribution in [0.25, 0.3) is 0 Å². The summed E-state index contributed by atoms with van der Waals surface area (Å²) >= 11 is 0. The quantitative estimate of drug-likeness (QED) is 0.353. The Balaban J connectivity index is -0.000000405. The van der Waals surface area contributed by atoms with Crippen molar-refractivity contribution < 1.29 is 48.7 Å². The van der Waals surface area contributed by atoms with E-state index < -0.39 is 15.9 Å². The fourth-order valence-corrected chi connectivity index (χ4v) is 0.716.